The van der Waals surface area contributed by atoms with E-state index in [1.165, 1.54) is 0 Å². The van der Waals surface area contributed by atoms with Crippen molar-refractivity contribution in [2.45, 2.75) is 13.0 Å². The summed E-state index contributed by atoms with van der Waals surface area (Å²) in [7, 11) is 1.55. The lowest BCUT2D eigenvalue weighted by atomic mass is 10.1. The molecule has 0 radical (unpaired) electrons. The predicted molar refractivity (Wildman–Crippen MR) is 74.9 cm³/mol. The maximum Gasteiger partial charge on any atom is 0.136 e. The lowest BCUT2D eigenvalue weighted by molar-refractivity contribution is 0.190. The molecule has 0 saturated carbocycles. The van der Waals surface area contributed by atoms with Gasteiger partial charge in [-0.25, -0.2) is 0 Å². The molecule has 20 heavy (non-hydrogen) atoms. The Bertz CT molecular complexity index is 627. The molecule has 0 saturated heterocycles. The highest BCUT2D eigenvalue weighted by molar-refractivity contribution is 5.48. The van der Waals surface area contributed by atoms with E-state index in [9.17, 15) is 5.11 Å². The number of ether oxygens (including phenoxy) is 2. The summed E-state index contributed by atoms with van der Waals surface area (Å²) < 4.78 is 11.0. The van der Waals surface area contributed by atoms with Gasteiger partial charge >= 0.3 is 0 Å². The molecule has 0 amide bonds. The van der Waals surface area contributed by atoms with Crippen LogP contribution in [-0.2, 0) is 0 Å². The lowest BCUT2D eigenvalue weighted by Crippen LogP contribution is -2.00. The molecule has 102 valence electrons. The number of aliphatic hydroxyl groups is 1. The Labute approximate surface area is 117 Å². The van der Waals surface area contributed by atoms with Gasteiger partial charge in [0.2, 0.25) is 0 Å². The average Bonchev–Trinajstić information content (AvgIpc) is 2.47. The summed E-state index contributed by atoms with van der Waals surface area (Å²) in [6.45, 7) is 1.66. The fraction of sp³-hybridized carbons (Fsp3) is 0.188. The quantitative estimate of drug-likeness (QED) is 0.923. The van der Waals surface area contributed by atoms with E-state index < -0.39 is 6.10 Å². The van der Waals surface area contributed by atoms with Gasteiger partial charge in [-0.05, 0) is 43.3 Å². The first-order valence-electron chi connectivity index (χ1n) is 6.18. The van der Waals surface area contributed by atoms with Crippen LogP contribution in [0, 0.1) is 11.3 Å². The summed E-state index contributed by atoms with van der Waals surface area (Å²) in [6, 6.07) is 14.2. The third-order valence-corrected chi connectivity index (χ3v) is 2.88. The van der Waals surface area contributed by atoms with Gasteiger partial charge in [0, 0.05) is 0 Å². The summed E-state index contributed by atoms with van der Waals surface area (Å²) >= 11 is 0. The van der Waals surface area contributed by atoms with E-state index >= 15 is 0 Å². The van der Waals surface area contributed by atoms with Crippen LogP contribution in [0.25, 0.3) is 0 Å². The van der Waals surface area contributed by atoms with Gasteiger partial charge in [-0.3, -0.25) is 0 Å². The molecule has 0 aliphatic carbocycles. The molecule has 1 N–H and O–H groups in total. The summed E-state index contributed by atoms with van der Waals surface area (Å²) in [4.78, 5) is 0. The van der Waals surface area contributed by atoms with Crippen LogP contribution in [0.4, 0.5) is 0 Å². The van der Waals surface area contributed by atoms with Crippen molar-refractivity contribution in [3.05, 3.63) is 53.6 Å². The molecule has 1 unspecified atom stereocenters. The first-order chi connectivity index (χ1) is 9.65. The first kappa shape index (κ1) is 13.9. The Morgan fingerprint density at radius 1 is 1.10 bits per heavy atom. The number of aliphatic hydroxyl groups excluding tert-OH is 1. The first-order valence-corrected chi connectivity index (χ1v) is 6.18. The van der Waals surface area contributed by atoms with E-state index in [1.807, 2.05) is 0 Å². The average molecular weight is 269 g/mol. The molecule has 1 atom stereocenters. The standard InChI is InChI=1S/C16H15NO3/c1-11(18)16-14(19-2)4-3-5-15(16)20-13-8-6-12(10-17)7-9-13/h3-9,11,18H,1-2H3. The van der Waals surface area contributed by atoms with Gasteiger partial charge in [-0.2, -0.15) is 5.26 Å². The van der Waals surface area contributed by atoms with Gasteiger partial charge in [0.05, 0.1) is 30.4 Å². The van der Waals surface area contributed by atoms with Gasteiger partial charge in [0.1, 0.15) is 17.2 Å². The second kappa shape index (κ2) is 6.09. The molecule has 2 aromatic carbocycles. The van der Waals surface area contributed by atoms with Crippen LogP contribution in [0.2, 0.25) is 0 Å². The van der Waals surface area contributed by atoms with Gasteiger partial charge in [0.15, 0.2) is 0 Å². The number of hydrogen-bond acceptors (Lipinski definition) is 4. The highest BCUT2D eigenvalue weighted by Gasteiger charge is 2.15. The minimum absolute atomic E-state index is 0.532. The highest BCUT2D eigenvalue weighted by Crippen LogP contribution is 2.36. The fourth-order valence-corrected chi connectivity index (χ4v) is 1.93. The second-order valence-corrected chi connectivity index (χ2v) is 4.29. The minimum Gasteiger partial charge on any atom is -0.496 e. The smallest absolute Gasteiger partial charge is 0.136 e. The van der Waals surface area contributed by atoms with E-state index in [-0.39, 0.29) is 0 Å². The molecule has 0 heterocycles. The zero-order chi connectivity index (χ0) is 14.5. The van der Waals surface area contributed by atoms with E-state index in [4.69, 9.17) is 14.7 Å². The number of nitriles is 1. The molecule has 4 nitrogen and oxygen atoms in total. The lowest BCUT2D eigenvalue weighted by Gasteiger charge is -2.16. The molecule has 0 bridgehead atoms. The highest BCUT2D eigenvalue weighted by atomic mass is 16.5. The van der Waals surface area contributed by atoms with Gasteiger partial charge in [-0.15, -0.1) is 0 Å². The number of methoxy groups -OCH3 is 1. The van der Waals surface area contributed by atoms with E-state index in [0.717, 1.165) is 0 Å². The molecule has 0 aromatic heterocycles. The number of rotatable bonds is 4. The largest absolute Gasteiger partial charge is 0.496 e. The summed E-state index contributed by atoms with van der Waals surface area (Å²) in [6.07, 6.45) is -0.709. The predicted octanol–water partition coefficient (Wildman–Crippen LogP) is 3.41. The van der Waals surface area contributed by atoms with E-state index in [1.54, 1.807) is 56.5 Å². The molecule has 0 spiro atoms. The Balaban J connectivity index is 2.35. The summed E-state index contributed by atoms with van der Waals surface area (Å²) in [5, 5.41) is 18.6. The maximum absolute atomic E-state index is 9.87. The van der Waals surface area contributed by atoms with Crippen LogP contribution in [0.1, 0.15) is 24.2 Å². The van der Waals surface area contributed by atoms with Crippen molar-refractivity contribution in [3.63, 3.8) is 0 Å². The second-order valence-electron chi connectivity index (χ2n) is 4.29. The topological polar surface area (TPSA) is 62.5 Å². The van der Waals surface area contributed by atoms with Crippen LogP contribution in [0.3, 0.4) is 0 Å². The van der Waals surface area contributed by atoms with Gasteiger partial charge in [-0.1, -0.05) is 6.07 Å². The number of benzene rings is 2. The molecule has 0 aliphatic rings. The van der Waals surface area contributed by atoms with Crippen LogP contribution < -0.4 is 9.47 Å². The maximum atomic E-state index is 9.87. The van der Waals surface area contributed by atoms with Crippen LogP contribution in [0.15, 0.2) is 42.5 Å². The van der Waals surface area contributed by atoms with Crippen molar-refractivity contribution < 1.29 is 14.6 Å². The Kier molecular flexibility index (Phi) is 4.24. The normalized spacial score (nSPS) is 11.5. The van der Waals surface area contributed by atoms with Crippen molar-refractivity contribution in [3.8, 4) is 23.3 Å². The van der Waals surface area contributed by atoms with Crippen LogP contribution in [0.5, 0.6) is 17.2 Å². The van der Waals surface area contributed by atoms with Gasteiger partial charge in [0.25, 0.3) is 0 Å². The minimum atomic E-state index is -0.709. The van der Waals surface area contributed by atoms with Gasteiger partial charge < -0.3 is 14.6 Å². The van der Waals surface area contributed by atoms with E-state index in [2.05, 4.69) is 6.07 Å². The monoisotopic (exact) mass is 269 g/mol. The third-order valence-electron chi connectivity index (χ3n) is 2.88. The van der Waals surface area contributed by atoms with Crippen LogP contribution >= 0.6 is 0 Å². The Morgan fingerprint density at radius 3 is 2.30 bits per heavy atom. The Hall–Kier alpha value is -2.51. The molecule has 2 aromatic rings. The summed E-state index contributed by atoms with van der Waals surface area (Å²) in [5.41, 5.74) is 1.16. The molecular weight excluding hydrogens is 254 g/mol. The number of hydrogen-bond donors (Lipinski definition) is 1. The van der Waals surface area contributed by atoms with Crippen molar-refractivity contribution in [2.75, 3.05) is 7.11 Å². The molecule has 2 rings (SSSR count). The third kappa shape index (κ3) is 2.90. The van der Waals surface area contributed by atoms with Crippen molar-refractivity contribution in [1.29, 1.82) is 5.26 Å². The number of nitrogens with zero attached hydrogens (tertiary/aromatic N) is 1. The van der Waals surface area contributed by atoms with Crippen molar-refractivity contribution in [2.24, 2.45) is 0 Å². The SMILES string of the molecule is COc1cccc(Oc2ccc(C#N)cc2)c1C(C)O. The molecule has 0 fully saturated rings. The van der Waals surface area contributed by atoms with Crippen molar-refractivity contribution in [1.82, 2.24) is 0 Å². The molecule has 0 aliphatic heterocycles. The fourth-order valence-electron chi connectivity index (χ4n) is 1.93. The zero-order valence-electron chi connectivity index (χ0n) is 11.3. The van der Waals surface area contributed by atoms with E-state index in [0.29, 0.717) is 28.4 Å². The molecular formula is C16H15NO3. The molecule has 4 heteroatoms. The Morgan fingerprint density at radius 2 is 1.75 bits per heavy atom. The summed E-state index contributed by atoms with van der Waals surface area (Å²) in [5.74, 6) is 1.70. The van der Waals surface area contributed by atoms with Crippen molar-refractivity contribution >= 4 is 0 Å². The van der Waals surface area contributed by atoms with Crippen LogP contribution in [-0.4, -0.2) is 12.2 Å². The zero-order valence-corrected chi connectivity index (χ0v) is 11.3.